The maximum absolute atomic E-state index is 6.75. The van der Waals surface area contributed by atoms with E-state index in [9.17, 15) is 0 Å². The lowest BCUT2D eigenvalue weighted by Crippen LogP contribution is -2.00. The number of para-hydroxylation sites is 3. The van der Waals surface area contributed by atoms with Crippen LogP contribution in [0.15, 0.2) is 211 Å². The van der Waals surface area contributed by atoms with E-state index in [-0.39, 0.29) is 0 Å². The molecular formula is C56H34N4OS. The first kappa shape index (κ1) is 35.8. The molecule has 0 bridgehead atoms. The van der Waals surface area contributed by atoms with Crippen molar-refractivity contribution in [1.82, 2.24) is 19.9 Å². The van der Waals surface area contributed by atoms with Gasteiger partial charge in [-0.05, 0) is 34.9 Å². The molecule has 5 nitrogen and oxygen atoms in total. The molecule has 0 fully saturated rings. The predicted molar refractivity (Wildman–Crippen MR) is 256 cm³/mol. The summed E-state index contributed by atoms with van der Waals surface area (Å²) in [5.41, 5.74) is 13.0. The Balaban J connectivity index is 1.06. The molecule has 0 aliphatic rings. The SMILES string of the molecule is c1ccc(-c2cccc(-c3nc(-c4ccccc4)nc(-c4ccc(-c5sc6c(-c7ccccc7)nc7ccccc7c6c5-c5cccc6c5oc5ccccc56)cc4)n3)c2)cc1. The van der Waals surface area contributed by atoms with Crippen LogP contribution in [0.2, 0.25) is 0 Å². The molecule has 4 aromatic heterocycles. The maximum Gasteiger partial charge on any atom is 0.164 e. The Morgan fingerprint density at radius 1 is 0.371 bits per heavy atom. The Kier molecular flexibility index (Phi) is 8.61. The molecule has 0 saturated carbocycles. The summed E-state index contributed by atoms with van der Waals surface area (Å²) in [5, 5.41) is 4.46. The van der Waals surface area contributed by atoms with Crippen LogP contribution in [0, 0.1) is 0 Å². The number of hydrogen-bond acceptors (Lipinski definition) is 6. The summed E-state index contributed by atoms with van der Waals surface area (Å²) < 4.78 is 7.87. The fourth-order valence-corrected chi connectivity index (χ4v) is 9.94. The minimum absolute atomic E-state index is 0.607. The normalized spacial score (nSPS) is 11.5. The number of aromatic nitrogens is 4. The van der Waals surface area contributed by atoms with Gasteiger partial charge in [-0.3, -0.25) is 0 Å². The molecule has 0 spiro atoms. The highest BCUT2D eigenvalue weighted by Crippen LogP contribution is 2.52. The number of pyridine rings is 1. The lowest BCUT2D eigenvalue weighted by atomic mass is 9.94. The molecule has 290 valence electrons. The highest BCUT2D eigenvalue weighted by molar-refractivity contribution is 7.23. The Labute approximate surface area is 361 Å². The van der Waals surface area contributed by atoms with E-state index in [1.807, 2.05) is 48.5 Å². The molecule has 12 rings (SSSR count). The van der Waals surface area contributed by atoms with Gasteiger partial charge in [0.15, 0.2) is 17.5 Å². The number of nitrogens with zero attached hydrogens (tertiary/aromatic N) is 4. The first-order valence-corrected chi connectivity index (χ1v) is 21.4. The van der Waals surface area contributed by atoms with Gasteiger partial charge in [0.1, 0.15) is 11.2 Å². The van der Waals surface area contributed by atoms with Crippen LogP contribution in [0.3, 0.4) is 0 Å². The molecule has 0 aliphatic heterocycles. The van der Waals surface area contributed by atoms with Crippen molar-refractivity contribution in [3.8, 4) is 78.1 Å². The zero-order valence-electron chi connectivity index (χ0n) is 33.2. The second kappa shape index (κ2) is 14.9. The fourth-order valence-electron chi connectivity index (χ4n) is 8.59. The number of thiophene rings is 1. The van der Waals surface area contributed by atoms with Crippen LogP contribution in [-0.4, -0.2) is 19.9 Å². The molecule has 0 atom stereocenters. The summed E-state index contributed by atoms with van der Waals surface area (Å²) in [7, 11) is 0. The van der Waals surface area contributed by atoms with E-state index in [1.54, 1.807) is 11.3 Å². The summed E-state index contributed by atoms with van der Waals surface area (Å²) in [6.45, 7) is 0. The maximum atomic E-state index is 6.75. The number of furan rings is 1. The molecule has 6 heteroatoms. The molecule has 0 saturated heterocycles. The third kappa shape index (κ3) is 6.16. The lowest BCUT2D eigenvalue weighted by Gasteiger charge is -2.11. The van der Waals surface area contributed by atoms with Crippen molar-refractivity contribution in [3.05, 3.63) is 206 Å². The van der Waals surface area contributed by atoms with Gasteiger partial charge in [0, 0.05) is 59.8 Å². The molecule has 0 radical (unpaired) electrons. The molecule has 62 heavy (non-hydrogen) atoms. The molecule has 0 aliphatic carbocycles. The zero-order chi connectivity index (χ0) is 41.0. The number of rotatable bonds is 7. The molecule has 4 heterocycles. The molecule has 0 unspecified atom stereocenters. The zero-order valence-corrected chi connectivity index (χ0v) is 34.1. The van der Waals surface area contributed by atoms with Gasteiger partial charge in [-0.2, -0.15) is 0 Å². The average molecular weight is 811 g/mol. The molecular weight excluding hydrogens is 777 g/mol. The monoisotopic (exact) mass is 810 g/mol. The van der Waals surface area contributed by atoms with Crippen molar-refractivity contribution in [3.63, 3.8) is 0 Å². The molecule has 12 aromatic rings. The van der Waals surface area contributed by atoms with Crippen LogP contribution in [-0.2, 0) is 0 Å². The van der Waals surface area contributed by atoms with Crippen molar-refractivity contribution >= 4 is 54.3 Å². The van der Waals surface area contributed by atoms with E-state index in [1.165, 1.54) is 5.39 Å². The number of fused-ring (bicyclic) bond motifs is 6. The lowest BCUT2D eigenvalue weighted by molar-refractivity contribution is 0.670. The molecule has 8 aromatic carbocycles. The molecule has 0 N–H and O–H groups in total. The summed E-state index contributed by atoms with van der Waals surface area (Å²) in [6.07, 6.45) is 0. The average Bonchev–Trinajstić information content (AvgIpc) is 3.95. The van der Waals surface area contributed by atoms with Crippen LogP contribution in [0.25, 0.3) is 121 Å². The van der Waals surface area contributed by atoms with E-state index in [0.717, 1.165) is 98.2 Å². The first-order chi connectivity index (χ1) is 30.7. The Morgan fingerprint density at radius 3 is 1.65 bits per heavy atom. The van der Waals surface area contributed by atoms with Crippen molar-refractivity contribution in [2.24, 2.45) is 0 Å². The van der Waals surface area contributed by atoms with Crippen molar-refractivity contribution in [2.75, 3.05) is 0 Å². The third-order valence-electron chi connectivity index (χ3n) is 11.6. The Morgan fingerprint density at radius 2 is 0.903 bits per heavy atom. The summed E-state index contributed by atoms with van der Waals surface area (Å²) in [5.74, 6) is 1.85. The predicted octanol–water partition coefficient (Wildman–Crippen LogP) is 15.2. The van der Waals surface area contributed by atoms with E-state index in [4.69, 9.17) is 24.4 Å². The van der Waals surface area contributed by atoms with Gasteiger partial charge >= 0.3 is 0 Å². The van der Waals surface area contributed by atoms with Gasteiger partial charge in [0.05, 0.1) is 15.9 Å². The number of hydrogen-bond donors (Lipinski definition) is 0. The second-order valence-electron chi connectivity index (χ2n) is 15.3. The van der Waals surface area contributed by atoms with Gasteiger partial charge in [-0.15, -0.1) is 11.3 Å². The van der Waals surface area contributed by atoms with Crippen molar-refractivity contribution < 1.29 is 4.42 Å². The van der Waals surface area contributed by atoms with Gasteiger partial charge < -0.3 is 4.42 Å². The van der Waals surface area contributed by atoms with Crippen LogP contribution in [0.5, 0.6) is 0 Å². The van der Waals surface area contributed by atoms with Crippen LogP contribution in [0.1, 0.15) is 0 Å². The minimum Gasteiger partial charge on any atom is -0.455 e. The summed E-state index contributed by atoms with van der Waals surface area (Å²) in [4.78, 5) is 21.7. The Hall–Kier alpha value is -8.06. The highest BCUT2D eigenvalue weighted by atomic mass is 32.1. The third-order valence-corrected chi connectivity index (χ3v) is 12.8. The standard InChI is InChI=1S/C56H34N4OS/c1-4-16-35(17-5-1)40-22-14-23-41(34-40)56-59-54(38-20-8-3-9-21-38)58-55(60-56)39-32-30-37(31-33-39)52-49(45-27-15-26-43-42-24-11-13-29-47(42)61-51(43)45)48-44-25-10-12-28-46(44)57-50(53(48)62-52)36-18-6-2-7-19-36/h1-34H. The smallest absolute Gasteiger partial charge is 0.164 e. The van der Waals surface area contributed by atoms with Crippen LogP contribution < -0.4 is 0 Å². The van der Waals surface area contributed by atoms with E-state index < -0.39 is 0 Å². The summed E-state index contributed by atoms with van der Waals surface area (Å²) >= 11 is 1.78. The quantitative estimate of drug-likeness (QED) is 0.160. The van der Waals surface area contributed by atoms with Crippen LogP contribution >= 0.6 is 11.3 Å². The topological polar surface area (TPSA) is 64.7 Å². The Bertz CT molecular complexity index is 3620. The summed E-state index contributed by atoms with van der Waals surface area (Å²) in [6, 6.07) is 71.4. The van der Waals surface area contributed by atoms with Crippen molar-refractivity contribution in [1.29, 1.82) is 0 Å². The van der Waals surface area contributed by atoms with E-state index >= 15 is 0 Å². The van der Waals surface area contributed by atoms with Gasteiger partial charge in [-0.1, -0.05) is 188 Å². The van der Waals surface area contributed by atoms with Crippen molar-refractivity contribution in [2.45, 2.75) is 0 Å². The van der Waals surface area contributed by atoms with Crippen LogP contribution in [0.4, 0.5) is 0 Å². The molecule has 0 amide bonds. The second-order valence-corrected chi connectivity index (χ2v) is 16.4. The van der Waals surface area contributed by atoms with Gasteiger partial charge in [0.2, 0.25) is 0 Å². The van der Waals surface area contributed by atoms with Gasteiger partial charge in [-0.25, -0.2) is 19.9 Å². The first-order valence-electron chi connectivity index (χ1n) is 20.6. The largest absolute Gasteiger partial charge is 0.455 e. The number of benzene rings is 8. The highest BCUT2D eigenvalue weighted by Gasteiger charge is 2.25. The van der Waals surface area contributed by atoms with E-state index in [2.05, 4.69) is 158 Å². The van der Waals surface area contributed by atoms with E-state index in [0.29, 0.717) is 17.5 Å². The fraction of sp³-hybridized carbons (Fsp3) is 0. The van der Waals surface area contributed by atoms with Gasteiger partial charge in [0.25, 0.3) is 0 Å². The minimum atomic E-state index is 0.607.